The maximum Gasteiger partial charge on any atom is 0.0576 e. The molecule has 2 fully saturated rings. The number of hydrogen-bond acceptors (Lipinski definition) is 2. The molecule has 2 rings (SSSR count). The molecule has 1 aliphatic carbocycles. The normalized spacial score (nSPS) is 26.6. The number of nitrogens with one attached hydrogen (secondary N) is 1. The Hall–Kier alpha value is -0.0800. The summed E-state index contributed by atoms with van der Waals surface area (Å²) >= 11 is 0. The smallest absolute Gasteiger partial charge is 0.0576 e. The first kappa shape index (κ1) is 17.3. The van der Waals surface area contributed by atoms with Crippen molar-refractivity contribution in [1.82, 2.24) is 5.32 Å². The van der Waals surface area contributed by atoms with Crippen LogP contribution in [0.1, 0.15) is 85.0 Å². The van der Waals surface area contributed by atoms with Crippen LogP contribution >= 0.6 is 0 Å². The lowest BCUT2D eigenvalue weighted by Gasteiger charge is -2.40. The van der Waals surface area contributed by atoms with Gasteiger partial charge in [0.05, 0.1) is 6.10 Å². The van der Waals surface area contributed by atoms with Crippen molar-refractivity contribution >= 4 is 0 Å². The Bertz CT molecular complexity index is 277. The van der Waals surface area contributed by atoms with Gasteiger partial charge in [-0.25, -0.2) is 0 Å². The summed E-state index contributed by atoms with van der Waals surface area (Å²) in [6.45, 7) is 9.26. The lowest BCUT2D eigenvalue weighted by Crippen LogP contribution is -2.45. The zero-order valence-corrected chi connectivity index (χ0v) is 14.6. The third kappa shape index (κ3) is 4.96. The van der Waals surface area contributed by atoms with Crippen LogP contribution in [0.25, 0.3) is 0 Å². The van der Waals surface area contributed by atoms with Gasteiger partial charge in [-0.05, 0) is 69.2 Å². The molecule has 0 aromatic heterocycles. The molecule has 0 bridgehead atoms. The third-order valence-corrected chi connectivity index (χ3v) is 5.60. The average Bonchev–Trinajstić information content (AvgIpc) is 3.10. The Morgan fingerprint density at radius 1 is 1.19 bits per heavy atom. The minimum atomic E-state index is 0.549. The summed E-state index contributed by atoms with van der Waals surface area (Å²) in [7, 11) is 0. The summed E-state index contributed by atoms with van der Waals surface area (Å²) in [5.74, 6) is 0.816. The average molecular weight is 296 g/mol. The first-order chi connectivity index (χ1) is 10.2. The molecule has 1 saturated carbocycles. The van der Waals surface area contributed by atoms with Crippen molar-refractivity contribution in [3.63, 3.8) is 0 Å². The van der Waals surface area contributed by atoms with Crippen molar-refractivity contribution in [2.45, 2.75) is 97.1 Å². The standard InChI is InChI=1S/C19H37NO/c1-4-13-20-18(10-9-17-8-7-14-21-17)19(15-16(2)3)11-5-6-12-19/h16-18,20H,4-15H2,1-3H3. The van der Waals surface area contributed by atoms with Crippen LogP contribution in [0.3, 0.4) is 0 Å². The first-order valence-corrected chi connectivity index (χ1v) is 9.51. The van der Waals surface area contributed by atoms with E-state index < -0.39 is 0 Å². The van der Waals surface area contributed by atoms with Gasteiger partial charge in [0.15, 0.2) is 0 Å². The van der Waals surface area contributed by atoms with Gasteiger partial charge in [0.25, 0.3) is 0 Å². The zero-order valence-electron chi connectivity index (χ0n) is 14.6. The Balaban J connectivity index is 1.96. The molecule has 0 aromatic rings. The Kier molecular flexibility index (Phi) is 7.01. The molecule has 0 spiro atoms. The van der Waals surface area contributed by atoms with E-state index in [0.717, 1.165) is 12.5 Å². The molecule has 21 heavy (non-hydrogen) atoms. The summed E-state index contributed by atoms with van der Waals surface area (Å²) in [6.07, 6.45) is 14.1. The van der Waals surface area contributed by atoms with E-state index in [4.69, 9.17) is 4.74 Å². The van der Waals surface area contributed by atoms with Gasteiger partial charge in [0.2, 0.25) is 0 Å². The van der Waals surface area contributed by atoms with E-state index in [1.165, 1.54) is 70.8 Å². The Labute approximate surface area is 132 Å². The van der Waals surface area contributed by atoms with Crippen molar-refractivity contribution in [3.8, 4) is 0 Å². The predicted octanol–water partition coefficient (Wildman–Crippen LogP) is 4.92. The van der Waals surface area contributed by atoms with Crippen LogP contribution in [0.2, 0.25) is 0 Å². The molecule has 2 heteroatoms. The highest BCUT2D eigenvalue weighted by Gasteiger charge is 2.41. The highest BCUT2D eigenvalue weighted by Crippen LogP contribution is 2.47. The maximum absolute atomic E-state index is 5.86. The largest absolute Gasteiger partial charge is 0.378 e. The van der Waals surface area contributed by atoms with Gasteiger partial charge in [-0.3, -0.25) is 0 Å². The van der Waals surface area contributed by atoms with Gasteiger partial charge in [-0.15, -0.1) is 0 Å². The molecule has 2 atom stereocenters. The fourth-order valence-corrected chi connectivity index (χ4v) is 4.75. The summed E-state index contributed by atoms with van der Waals surface area (Å²) in [4.78, 5) is 0. The molecule has 0 aromatic carbocycles. The fourth-order valence-electron chi connectivity index (χ4n) is 4.75. The molecule has 2 unspecified atom stereocenters. The molecular formula is C19H37NO. The van der Waals surface area contributed by atoms with Gasteiger partial charge in [-0.2, -0.15) is 0 Å². The number of ether oxygens (including phenoxy) is 1. The summed E-state index contributed by atoms with van der Waals surface area (Å²) in [6, 6.07) is 0.714. The Morgan fingerprint density at radius 2 is 1.95 bits per heavy atom. The second kappa shape index (κ2) is 8.53. The molecule has 2 aliphatic rings. The lowest BCUT2D eigenvalue weighted by molar-refractivity contribution is 0.0837. The van der Waals surface area contributed by atoms with Crippen LogP contribution in [0.5, 0.6) is 0 Å². The van der Waals surface area contributed by atoms with Crippen molar-refractivity contribution in [3.05, 3.63) is 0 Å². The molecule has 1 N–H and O–H groups in total. The molecule has 0 amide bonds. The molecule has 0 radical (unpaired) electrons. The van der Waals surface area contributed by atoms with Crippen molar-refractivity contribution < 1.29 is 4.74 Å². The van der Waals surface area contributed by atoms with Crippen LogP contribution in [0.4, 0.5) is 0 Å². The van der Waals surface area contributed by atoms with Gasteiger partial charge < -0.3 is 10.1 Å². The van der Waals surface area contributed by atoms with E-state index >= 15 is 0 Å². The molecule has 2 nitrogen and oxygen atoms in total. The highest BCUT2D eigenvalue weighted by atomic mass is 16.5. The molecule has 1 saturated heterocycles. The van der Waals surface area contributed by atoms with E-state index in [-0.39, 0.29) is 0 Å². The van der Waals surface area contributed by atoms with Crippen molar-refractivity contribution in [2.75, 3.05) is 13.2 Å². The zero-order chi connectivity index (χ0) is 15.1. The SMILES string of the molecule is CCCNC(CCC1CCCO1)C1(CC(C)C)CCCC1. The van der Waals surface area contributed by atoms with E-state index in [1.807, 2.05) is 0 Å². The van der Waals surface area contributed by atoms with Crippen LogP contribution in [0.15, 0.2) is 0 Å². The minimum absolute atomic E-state index is 0.549. The van der Waals surface area contributed by atoms with E-state index in [1.54, 1.807) is 0 Å². The molecule has 1 aliphatic heterocycles. The summed E-state index contributed by atoms with van der Waals surface area (Å²) in [5, 5.41) is 3.93. The lowest BCUT2D eigenvalue weighted by atomic mass is 9.71. The third-order valence-electron chi connectivity index (χ3n) is 5.60. The van der Waals surface area contributed by atoms with Gasteiger partial charge in [0.1, 0.15) is 0 Å². The van der Waals surface area contributed by atoms with Crippen molar-refractivity contribution in [2.24, 2.45) is 11.3 Å². The van der Waals surface area contributed by atoms with Crippen molar-refractivity contribution in [1.29, 1.82) is 0 Å². The highest BCUT2D eigenvalue weighted by molar-refractivity contribution is 4.95. The van der Waals surface area contributed by atoms with Gasteiger partial charge >= 0.3 is 0 Å². The quantitative estimate of drug-likeness (QED) is 0.652. The molecule has 124 valence electrons. The second-order valence-electron chi connectivity index (χ2n) is 7.89. The van der Waals surface area contributed by atoms with E-state index in [9.17, 15) is 0 Å². The van der Waals surface area contributed by atoms with Crippen LogP contribution in [-0.4, -0.2) is 25.3 Å². The first-order valence-electron chi connectivity index (χ1n) is 9.51. The second-order valence-corrected chi connectivity index (χ2v) is 7.89. The minimum Gasteiger partial charge on any atom is -0.378 e. The fraction of sp³-hybridized carbons (Fsp3) is 1.00. The van der Waals surface area contributed by atoms with Crippen LogP contribution < -0.4 is 5.32 Å². The maximum atomic E-state index is 5.86. The summed E-state index contributed by atoms with van der Waals surface area (Å²) in [5.41, 5.74) is 0.571. The number of rotatable bonds is 9. The van der Waals surface area contributed by atoms with Gasteiger partial charge in [-0.1, -0.05) is 33.6 Å². The van der Waals surface area contributed by atoms with E-state index in [0.29, 0.717) is 17.6 Å². The van der Waals surface area contributed by atoms with Gasteiger partial charge in [0, 0.05) is 12.6 Å². The number of hydrogen-bond donors (Lipinski definition) is 1. The molecule has 1 heterocycles. The van der Waals surface area contributed by atoms with Crippen LogP contribution in [-0.2, 0) is 4.74 Å². The predicted molar refractivity (Wildman–Crippen MR) is 90.6 cm³/mol. The topological polar surface area (TPSA) is 21.3 Å². The van der Waals surface area contributed by atoms with E-state index in [2.05, 4.69) is 26.1 Å². The monoisotopic (exact) mass is 295 g/mol. The molecular weight excluding hydrogens is 258 g/mol. The van der Waals surface area contributed by atoms with Crippen LogP contribution in [0, 0.1) is 11.3 Å². The Morgan fingerprint density at radius 3 is 2.52 bits per heavy atom. The summed E-state index contributed by atoms with van der Waals surface area (Å²) < 4.78 is 5.86.